The molecule has 102 valence electrons. The molecule has 0 aliphatic heterocycles. The molecule has 0 unspecified atom stereocenters. The molecular weight excluding hydrogens is 248 g/mol. The van der Waals surface area contributed by atoms with Gasteiger partial charge in [0.2, 0.25) is 0 Å². The molecule has 2 aromatic rings. The van der Waals surface area contributed by atoms with Gasteiger partial charge in [-0.15, -0.1) is 0 Å². The first kappa shape index (κ1) is 13.7. The molecule has 2 rings (SSSR count). The molecule has 1 aromatic heterocycles. The second-order valence-corrected chi connectivity index (χ2v) is 5.49. The Morgan fingerprint density at radius 2 is 1.79 bits per heavy atom. The smallest absolute Gasteiger partial charge is 0.128 e. The zero-order valence-electron chi connectivity index (χ0n) is 11.2. The van der Waals surface area contributed by atoms with Crippen LogP contribution in [0.2, 0.25) is 0 Å². The van der Waals surface area contributed by atoms with Gasteiger partial charge in [0.05, 0.1) is 17.7 Å². The highest BCUT2D eigenvalue weighted by Gasteiger charge is 2.12. The Kier molecular flexibility index (Phi) is 3.66. The zero-order chi connectivity index (χ0) is 14.0. The van der Waals surface area contributed by atoms with E-state index < -0.39 is 11.6 Å². The van der Waals surface area contributed by atoms with E-state index in [1.54, 1.807) is 17.1 Å². The van der Waals surface area contributed by atoms with Gasteiger partial charge in [0.1, 0.15) is 11.6 Å². The van der Waals surface area contributed by atoms with E-state index in [2.05, 4.69) is 31.1 Å². The maximum Gasteiger partial charge on any atom is 0.128 e. The van der Waals surface area contributed by atoms with E-state index in [1.807, 2.05) is 0 Å². The Labute approximate surface area is 111 Å². The second-order valence-electron chi connectivity index (χ2n) is 5.49. The molecule has 0 saturated carbocycles. The van der Waals surface area contributed by atoms with Crippen LogP contribution >= 0.6 is 0 Å². The lowest BCUT2D eigenvalue weighted by molar-refractivity contribution is 0.419. The molecule has 0 fully saturated rings. The first-order chi connectivity index (χ1) is 8.85. The third kappa shape index (κ3) is 3.61. The minimum atomic E-state index is -0.599. The number of hydrogen-bond acceptors (Lipinski definition) is 2. The standard InChI is InChI=1S/C14H17F2N3/c1-14(2,3)18-8-13-7-17-9-19(13)12-5-10(15)4-11(16)6-12/h4-7,9,18H,8H2,1-3H3. The normalized spacial score (nSPS) is 11.8. The van der Waals surface area contributed by atoms with Gasteiger partial charge in [-0.1, -0.05) is 0 Å². The molecule has 0 amide bonds. The van der Waals surface area contributed by atoms with E-state index in [0.29, 0.717) is 12.2 Å². The van der Waals surface area contributed by atoms with Crippen molar-refractivity contribution in [2.24, 2.45) is 0 Å². The van der Waals surface area contributed by atoms with Crippen LogP contribution in [-0.4, -0.2) is 15.1 Å². The van der Waals surface area contributed by atoms with Crippen LogP contribution in [0.5, 0.6) is 0 Å². The third-order valence-electron chi connectivity index (χ3n) is 2.64. The van der Waals surface area contributed by atoms with Crippen LogP contribution < -0.4 is 5.32 Å². The van der Waals surface area contributed by atoms with Gasteiger partial charge in [0, 0.05) is 24.3 Å². The maximum absolute atomic E-state index is 13.2. The number of nitrogens with zero attached hydrogens (tertiary/aromatic N) is 2. The molecule has 0 aliphatic carbocycles. The molecule has 0 spiro atoms. The summed E-state index contributed by atoms with van der Waals surface area (Å²) in [6, 6.07) is 3.42. The summed E-state index contributed by atoms with van der Waals surface area (Å²) >= 11 is 0. The van der Waals surface area contributed by atoms with E-state index in [9.17, 15) is 8.78 Å². The summed E-state index contributed by atoms with van der Waals surface area (Å²) in [5.74, 6) is -1.20. The molecule has 1 N–H and O–H groups in total. The van der Waals surface area contributed by atoms with Crippen molar-refractivity contribution in [2.45, 2.75) is 32.9 Å². The molecule has 5 heteroatoms. The molecule has 1 aromatic carbocycles. The maximum atomic E-state index is 13.2. The molecule has 0 atom stereocenters. The van der Waals surface area contributed by atoms with Gasteiger partial charge in [-0.3, -0.25) is 0 Å². The lowest BCUT2D eigenvalue weighted by Gasteiger charge is -2.21. The average molecular weight is 265 g/mol. The summed E-state index contributed by atoms with van der Waals surface area (Å²) in [5, 5.41) is 3.32. The zero-order valence-corrected chi connectivity index (χ0v) is 11.2. The van der Waals surface area contributed by atoms with Gasteiger partial charge in [-0.25, -0.2) is 13.8 Å². The van der Waals surface area contributed by atoms with Gasteiger partial charge in [-0.2, -0.15) is 0 Å². The van der Waals surface area contributed by atoms with E-state index in [0.717, 1.165) is 11.8 Å². The van der Waals surface area contributed by atoms with Crippen LogP contribution in [0.4, 0.5) is 8.78 Å². The minimum absolute atomic E-state index is 0.0394. The molecule has 0 radical (unpaired) electrons. The number of nitrogens with one attached hydrogen (secondary N) is 1. The van der Waals surface area contributed by atoms with Crippen molar-refractivity contribution in [1.82, 2.24) is 14.9 Å². The quantitative estimate of drug-likeness (QED) is 0.924. The summed E-state index contributed by atoms with van der Waals surface area (Å²) in [5.41, 5.74) is 1.24. The fraction of sp³-hybridized carbons (Fsp3) is 0.357. The largest absolute Gasteiger partial charge is 0.306 e. The number of halogens is 2. The lowest BCUT2D eigenvalue weighted by atomic mass is 10.1. The topological polar surface area (TPSA) is 29.9 Å². The van der Waals surface area contributed by atoms with Crippen molar-refractivity contribution in [3.63, 3.8) is 0 Å². The van der Waals surface area contributed by atoms with E-state index in [4.69, 9.17) is 0 Å². The fourth-order valence-electron chi connectivity index (χ4n) is 1.72. The predicted molar refractivity (Wildman–Crippen MR) is 70.1 cm³/mol. The van der Waals surface area contributed by atoms with E-state index in [-0.39, 0.29) is 5.54 Å². The van der Waals surface area contributed by atoms with Crippen molar-refractivity contribution >= 4 is 0 Å². The van der Waals surface area contributed by atoms with Gasteiger partial charge in [0.15, 0.2) is 0 Å². The van der Waals surface area contributed by atoms with Crippen molar-refractivity contribution in [1.29, 1.82) is 0 Å². The fourth-order valence-corrected chi connectivity index (χ4v) is 1.72. The first-order valence-electron chi connectivity index (χ1n) is 6.08. The predicted octanol–water partition coefficient (Wildman–Crippen LogP) is 3.04. The lowest BCUT2D eigenvalue weighted by Crippen LogP contribution is -2.35. The first-order valence-corrected chi connectivity index (χ1v) is 6.08. The monoisotopic (exact) mass is 265 g/mol. The number of rotatable bonds is 3. The number of hydrogen-bond donors (Lipinski definition) is 1. The van der Waals surface area contributed by atoms with Crippen LogP contribution in [0.1, 0.15) is 26.5 Å². The average Bonchev–Trinajstić information content (AvgIpc) is 2.72. The van der Waals surface area contributed by atoms with Crippen LogP contribution in [0.15, 0.2) is 30.7 Å². The van der Waals surface area contributed by atoms with Crippen LogP contribution in [0.3, 0.4) is 0 Å². The molecule has 3 nitrogen and oxygen atoms in total. The molecule has 19 heavy (non-hydrogen) atoms. The van der Waals surface area contributed by atoms with Gasteiger partial charge < -0.3 is 9.88 Å². The van der Waals surface area contributed by atoms with Crippen molar-refractivity contribution in [3.05, 3.63) is 48.1 Å². The third-order valence-corrected chi connectivity index (χ3v) is 2.64. The van der Waals surface area contributed by atoms with Crippen LogP contribution in [-0.2, 0) is 6.54 Å². The summed E-state index contributed by atoms with van der Waals surface area (Å²) < 4.78 is 28.1. The second kappa shape index (κ2) is 5.09. The van der Waals surface area contributed by atoms with Gasteiger partial charge in [-0.05, 0) is 32.9 Å². The Balaban J connectivity index is 2.28. The van der Waals surface area contributed by atoms with Crippen LogP contribution in [0, 0.1) is 11.6 Å². The van der Waals surface area contributed by atoms with E-state index in [1.165, 1.54) is 12.1 Å². The Morgan fingerprint density at radius 1 is 1.16 bits per heavy atom. The summed E-state index contributed by atoms with van der Waals surface area (Å²) in [6.07, 6.45) is 3.23. The highest BCUT2D eigenvalue weighted by Crippen LogP contribution is 2.15. The Morgan fingerprint density at radius 3 is 2.37 bits per heavy atom. The van der Waals surface area contributed by atoms with E-state index >= 15 is 0 Å². The molecule has 0 aliphatic rings. The minimum Gasteiger partial charge on any atom is -0.306 e. The van der Waals surface area contributed by atoms with Crippen molar-refractivity contribution in [3.8, 4) is 5.69 Å². The van der Waals surface area contributed by atoms with Crippen molar-refractivity contribution < 1.29 is 8.78 Å². The number of benzene rings is 1. The molecular formula is C14H17F2N3. The summed E-state index contributed by atoms with van der Waals surface area (Å²) in [6.45, 7) is 6.72. The summed E-state index contributed by atoms with van der Waals surface area (Å²) in [7, 11) is 0. The van der Waals surface area contributed by atoms with Crippen LogP contribution in [0.25, 0.3) is 5.69 Å². The summed E-state index contributed by atoms with van der Waals surface area (Å²) in [4.78, 5) is 4.04. The number of imidazole rings is 1. The SMILES string of the molecule is CC(C)(C)NCc1cncn1-c1cc(F)cc(F)c1. The highest BCUT2D eigenvalue weighted by atomic mass is 19.1. The van der Waals surface area contributed by atoms with Gasteiger partial charge >= 0.3 is 0 Å². The van der Waals surface area contributed by atoms with Crippen molar-refractivity contribution in [2.75, 3.05) is 0 Å². The highest BCUT2D eigenvalue weighted by molar-refractivity contribution is 5.34. The molecule has 1 heterocycles. The Bertz CT molecular complexity index is 550. The Hall–Kier alpha value is -1.75. The molecule has 0 saturated heterocycles. The molecule has 0 bridgehead atoms. The van der Waals surface area contributed by atoms with Gasteiger partial charge in [0.25, 0.3) is 0 Å². The number of aromatic nitrogens is 2.